The largest absolute Gasteiger partial charge is 0.384 e. The number of aryl methyl sites for hydroxylation is 1. The summed E-state index contributed by atoms with van der Waals surface area (Å²) in [6, 6.07) is 11.3. The lowest BCUT2D eigenvalue weighted by atomic mass is 10.0. The minimum absolute atomic E-state index is 0.669. The Labute approximate surface area is 128 Å². The average Bonchev–Trinajstić information content (AvgIpc) is 2.35. The van der Waals surface area contributed by atoms with E-state index in [9.17, 15) is 5.11 Å². The fraction of sp³-hybridized carbons (Fsp3) is 0.143. The van der Waals surface area contributed by atoms with Crippen molar-refractivity contribution in [3.05, 3.63) is 67.1 Å². The summed E-state index contributed by atoms with van der Waals surface area (Å²) in [5.74, 6) is 0. The highest BCUT2D eigenvalue weighted by atomic mass is 79.9. The lowest BCUT2D eigenvalue weighted by Crippen LogP contribution is -2.00. The predicted molar refractivity (Wildman–Crippen MR) is 82.1 cm³/mol. The van der Waals surface area contributed by atoms with Crippen LogP contribution in [0.3, 0.4) is 0 Å². The van der Waals surface area contributed by atoms with E-state index in [-0.39, 0.29) is 0 Å². The van der Waals surface area contributed by atoms with E-state index in [1.165, 1.54) is 0 Å². The van der Waals surface area contributed by atoms with Gasteiger partial charge in [-0.05, 0) is 73.7 Å². The van der Waals surface area contributed by atoms with E-state index in [0.29, 0.717) is 5.02 Å². The van der Waals surface area contributed by atoms with Crippen LogP contribution in [0.15, 0.2) is 45.3 Å². The zero-order chi connectivity index (χ0) is 13.3. The zero-order valence-corrected chi connectivity index (χ0v) is 13.6. The van der Waals surface area contributed by atoms with Crippen LogP contribution in [0.2, 0.25) is 5.02 Å². The standard InChI is InChI=1S/C14H11Br2ClO/c1-8-2-3-10(7-13(8)17)14(18)9-4-5-11(15)12(16)6-9/h2-7,14,18H,1H3. The highest BCUT2D eigenvalue weighted by Gasteiger charge is 2.12. The fourth-order valence-electron chi connectivity index (χ4n) is 1.65. The normalized spacial score (nSPS) is 12.5. The number of benzene rings is 2. The van der Waals surface area contributed by atoms with Crippen molar-refractivity contribution >= 4 is 43.5 Å². The smallest absolute Gasteiger partial charge is 0.104 e. The van der Waals surface area contributed by atoms with Gasteiger partial charge in [0.1, 0.15) is 6.10 Å². The van der Waals surface area contributed by atoms with E-state index in [2.05, 4.69) is 31.9 Å². The van der Waals surface area contributed by atoms with Crippen molar-refractivity contribution in [2.75, 3.05) is 0 Å². The third kappa shape index (κ3) is 2.97. The molecule has 2 aromatic carbocycles. The van der Waals surface area contributed by atoms with E-state index in [1.807, 2.05) is 37.3 Å². The second-order valence-electron chi connectivity index (χ2n) is 4.08. The summed E-state index contributed by atoms with van der Waals surface area (Å²) in [5.41, 5.74) is 2.62. The van der Waals surface area contributed by atoms with E-state index in [0.717, 1.165) is 25.6 Å². The molecule has 0 spiro atoms. The number of hydrogen-bond donors (Lipinski definition) is 1. The Hall–Kier alpha value is -0.350. The highest BCUT2D eigenvalue weighted by Crippen LogP contribution is 2.30. The molecule has 0 aliphatic heterocycles. The molecule has 0 heterocycles. The number of rotatable bonds is 2. The molecule has 0 aliphatic carbocycles. The van der Waals surface area contributed by atoms with Crippen molar-refractivity contribution in [3.63, 3.8) is 0 Å². The first-order chi connectivity index (χ1) is 8.49. The molecule has 2 aromatic rings. The summed E-state index contributed by atoms with van der Waals surface area (Å²) in [6.07, 6.45) is -0.674. The Morgan fingerprint density at radius 1 is 1.00 bits per heavy atom. The molecule has 1 N–H and O–H groups in total. The van der Waals surface area contributed by atoms with Gasteiger partial charge in [-0.15, -0.1) is 0 Å². The molecule has 1 unspecified atom stereocenters. The Kier molecular flexibility index (Phi) is 4.49. The molecule has 0 saturated carbocycles. The second kappa shape index (κ2) is 5.74. The molecule has 2 rings (SSSR count). The van der Waals surface area contributed by atoms with E-state index < -0.39 is 6.10 Å². The molecule has 1 atom stereocenters. The van der Waals surface area contributed by atoms with Gasteiger partial charge >= 0.3 is 0 Å². The maximum Gasteiger partial charge on any atom is 0.104 e. The van der Waals surface area contributed by atoms with Crippen LogP contribution in [-0.4, -0.2) is 5.11 Å². The lowest BCUT2D eigenvalue weighted by Gasteiger charge is -2.13. The molecule has 4 heteroatoms. The van der Waals surface area contributed by atoms with Crippen molar-refractivity contribution in [1.82, 2.24) is 0 Å². The topological polar surface area (TPSA) is 20.2 Å². The third-order valence-electron chi connectivity index (χ3n) is 2.77. The van der Waals surface area contributed by atoms with Crippen molar-refractivity contribution in [1.29, 1.82) is 0 Å². The van der Waals surface area contributed by atoms with Crippen LogP contribution in [0.25, 0.3) is 0 Å². The SMILES string of the molecule is Cc1ccc(C(O)c2ccc(Br)c(Br)c2)cc1Cl. The van der Waals surface area contributed by atoms with Gasteiger partial charge in [0.25, 0.3) is 0 Å². The van der Waals surface area contributed by atoms with Gasteiger partial charge in [-0.2, -0.15) is 0 Å². The number of halogens is 3. The molecule has 94 valence electrons. The van der Waals surface area contributed by atoms with Crippen LogP contribution < -0.4 is 0 Å². The molecule has 0 radical (unpaired) electrons. The molecular weight excluding hydrogens is 379 g/mol. The third-order valence-corrected chi connectivity index (χ3v) is 5.06. The molecule has 18 heavy (non-hydrogen) atoms. The monoisotopic (exact) mass is 388 g/mol. The first-order valence-corrected chi connectivity index (χ1v) is 7.34. The molecule has 0 saturated heterocycles. The van der Waals surface area contributed by atoms with Crippen LogP contribution in [0.4, 0.5) is 0 Å². The average molecular weight is 391 g/mol. The summed E-state index contributed by atoms with van der Waals surface area (Å²) < 4.78 is 1.87. The maximum atomic E-state index is 10.3. The van der Waals surface area contributed by atoms with Gasteiger partial charge < -0.3 is 5.11 Å². The number of hydrogen-bond acceptors (Lipinski definition) is 1. The summed E-state index contributed by atoms with van der Waals surface area (Å²) >= 11 is 12.9. The number of aliphatic hydroxyl groups excluding tert-OH is 1. The maximum absolute atomic E-state index is 10.3. The fourth-order valence-corrected chi connectivity index (χ4v) is 2.49. The van der Waals surface area contributed by atoms with Gasteiger partial charge in [-0.3, -0.25) is 0 Å². The molecular formula is C14H11Br2ClO. The minimum atomic E-state index is -0.674. The first-order valence-electron chi connectivity index (χ1n) is 5.38. The Morgan fingerprint density at radius 3 is 2.22 bits per heavy atom. The van der Waals surface area contributed by atoms with Gasteiger partial charge in [0.05, 0.1) is 0 Å². The van der Waals surface area contributed by atoms with E-state index in [4.69, 9.17) is 11.6 Å². The molecule has 0 aliphatic rings. The van der Waals surface area contributed by atoms with Gasteiger partial charge in [0, 0.05) is 14.0 Å². The van der Waals surface area contributed by atoms with Crippen LogP contribution in [0.5, 0.6) is 0 Å². The summed E-state index contributed by atoms with van der Waals surface area (Å²) in [5, 5.41) is 11.0. The quantitative estimate of drug-likeness (QED) is 0.742. The Bertz CT molecular complexity index is 533. The molecule has 0 amide bonds. The lowest BCUT2D eigenvalue weighted by molar-refractivity contribution is 0.220. The first kappa shape index (κ1) is 14.1. The molecule has 0 aromatic heterocycles. The van der Waals surface area contributed by atoms with Crippen LogP contribution in [0.1, 0.15) is 22.8 Å². The summed E-state index contributed by atoms with van der Waals surface area (Å²) in [4.78, 5) is 0. The molecule has 0 fully saturated rings. The van der Waals surface area contributed by atoms with E-state index >= 15 is 0 Å². The highest BCUT2D eigenvalue weighted by molar-refractivity contribution is 9.13. The Balaban J connectivity index is 2.37. The molecule has 1 nitrogen and oxygen atoms in total. The van der Waals surface area contributed by atoms with Gasteiger partial charge in [0.15, 0.2) is 0 Å². The Morgan fingerprint density at radius 2 is 1.61 bits per heavy atom. The predicted octanol–water partition coefficient (Wildman–Crippen LogP) is 5.26. The van der Waals surface area contributed by atoms with E-state index in [1.54, 1.807) is 6.07 Å². The van der Waals surface area contributed by atoms with Gasteiger partial charge in [0.2, 0.25) is 0 Å². The second-order valence-corrected chi connectivity index (χ2v) is 6.20. The summed E-state index contributed by atoms with van der Waals surface area (Å²) in [7, 11) is 0. The van der Waals surface area contributed by atoms with Crippen LogP contribution in [-0.2, 0) is 0 Å². The van der Waals surface area contributed by atoms with Crippen molar-refractivity contribution < 1.29 is 5.11 Å². The van der Waals surface area contributed by atoms with Crippen molar-refractivity contribution in [2.24, 2.45) is 0 Å². The zero-order valence-electron chi connectivity index (χ0n) is 9.62. The van der Waals surface area contributed by atoms with Crippen molar-refractivity contribution in [2.45, 2.75) is 13.0 Å². The molecule has 0 bridgehead atoms. The van der Waals surface area contributed by atoms with Gasteiger partial charge in [-0.1, -0.05) is 29.8 Å². The summed E-state index contributed by atoms with van der Waals surface area (Å²) in [6.45, 7) is 1.94. The van der Waals surface area contributed by atoms with Crippen molar-refractivity contribution in [3.8, 4) is 0 Å². The van der Waals surface area contributed by atoms with Crippen LogP contribution in [0, 0.1) is 6.92 Å². The van der Waals surface area contributed by atoms with Gasteiger partial charge in [-0.25, -0.2) is 0 Å². The van der Waals surface area contributed by atoms with Crippen LogP contribution >= 0.6 is 43.5 Å². The number of aliphatic hydroxyl groups is 1. The minimum Gasteiger partial charge on any atom is -0.384 e.